The largest absolute Gasteiger partial charge is 0.478 e. The summed E-state index contributed by atoms with van der Waals surface area (Å²) in [4.78, 5) is 11.5. The van der Waals surface area contributed by atoms with Gasteiger partial charge in [0.2, 0.25) is 0 Å². The minimum Gasteiger partial charge on any atom is -0.478 e. The molecule has 22 heavy (non-hydrogen) atoms. The zero-order chi connectivity index (χ0) is 15.7. The number of furan rings is 2. The van der Waals surface area contributed by atoms with Crippen molar-refractivity contribution in [1.29, 1.82) is 0 Å². The third-order valence-corrected chi connectivity index (χ3v) is 3.59. The van der Waals surface area contributed by atoms with Crippen LogP contribution < -0.4 is 0 Å². The van der Waals surface area contributed by atoms with Crippen LogP contribution in [0.4, 0.5) is 0 Å². The Morgan fingerprint density at radius 1 is 0.909 bits per heavy atom. The molecule has 0 fully saturated rings. The van der Waals surface area contributed by atoms with E-state index in [-0.39, 0.29) is 11.5 Å². The summed E-state index contributed by atoms with van der Waals surface area (Å²) in [5.74, 6) is 1.54. The van der Waals surface area contributed by atoms with E-state index in [1.807, 2.05) is 44.2 Å². The maximum atomic E-state index is 11.5. The van der Waals surface area contributed by atoms with Crippen molar-refractivity contribution in [3.8, 4) is 0 Å². The molecule has 0 radical (unpaired) electrons. The second kappa shape index (κ2) is 5.56. The van der Waals surface area contributed by atoms with Gasteiger partial charge in [-0.3, -0.25) is 0 Å². The fraction of sp³-hybridized carbons (Fsp3) is 0.167. The molecule has 2 heterocycles. The predicted octanol–water partition coefficient (Wildman–Crippen LogP) is 4.37. The van der Waals surface area contributed by atoms with Gasteiger partial charge in [-0.25, -0.2) is 4.79 Å². The molecule has 0 aliphatic carbocycles. The summed E-state index contributed by atoms with van der Waals surface area (Å²) < 4.78 is 11.5. The second-order valence-corrected chi connectivity index (χ2v) is 5.22. The number of aryl methyl sites for hydroxylation is 2. The van der Waals surface area contributed by atoms with Crippen LogP contribution in [-0.2, 0) is 0 Å². The van der Waals surface area contributed by atoms with Crippen LogP contribution in [0.2, 0.25) is 0 Å². The van der Waals surface area contributed by atoms with Crippen LogP contribution in [0.3, 0.4) is 0 Å². The van der Waals surface area contributed by atoms with Crippen molar-refractivity contribution in [3.05, 3.63) is 82.7 Å². The molecule has 0 saturated carbocycles. The van der Waals surface area contributed by atoms with Gasteiger partial charge in [-0.05, 0) is 49.7 Å². The Kier molecular flexibility index (Phi) is 3.59. The Hall–Kier alpha value is -2.75. The first-order valence-electron chi connectivity index (χ1n) is 7.01. The Morgan fingerprint density at radius 2 is 1.45 bits per heavy atom. The lowest BCUT2D eigenvalue weighted by Crippen LogP contribution is -2.09. The average molecular weight is 296 g/mol. The molecule has 0 unspecified atom stereocenters. The van der Waals surface area contributed by atoms with Gasteiger partial charge in [-0.2, -0.15) is 0 Å². The molecule has 1 N–H and O–H groups in total. The molecule has 0 spiro atoms. The van der Waals surface area contributed by atoms with Crippen molar-refractivity contribution in [2.45, 2.75) is 19.8 Å². The van der Waals surface area contributed by atoms with Crippen molar-refractivity contribution in [3.63, 3.8) is 0 Å². The molecule has 4 heteroatoms. The molecule has 0 atom stereocenters. The number of carbonyl (C=O) groups is 1. The molecule has 0 saturated heterocycles. The summed E-state index contributed by atoms with van der Waals surface area (Å²) in [6, 6.07) is 14.4. The normalized spacial score (nSPS) is 11.0. The number of carboxylic acids is 1. The number of aromatic carboxylic acids is 1. The third-order valence-electron chi connectivity index (χ3n) is 3.59. The highest BCUT2D eigenvalue weighted by Gasteiger charge is 2.27. The van der Waals surface area contributed by atoms with Crippen LogP contribution >= 0.6 is 0 Å². The van der Waals surface area contributed by atoms with Gasteiger partial charge >= 0.3 is 5.97 Å². The van der Waals surface area contributed by atoms with Crippen molar-refractivity contribution in [2.24, 2.45) is 0 Å². The van der Waals surface area contributed by atoms with E-state index in [0.29, 0.717) is 17.1 Å². The lowest BCUT2D eigenvalue weighted by atomic mass is 9.90. The first-order chi connectivity index (χ1) is 10.6. The number of benzene rings is 1. The third kappa shape index (κ3) is 2.55. The molecule has 2 aromatic heterocycles. The van der Waals surface area contributed by atoms with Gasteiger partial charge in [0.05, 0.1) is 5.56 Å². The Bertz CT molecular complexity index is 770. The first-order valence-corrected chi connectivity index (χ1v) is 7.01. The topological polar surface area (TPSA) is 63.6 Å². The standard InChI is InChI=1S/C18H16O4/c1-11-7-9-15(21-11)17(16-10-8-12(2)22-16)13-5-3-4-6-14(13)18(19)20/h3-10,17H,1-2H3,(H,19,20). The highest BCUT2D eigenvalue weighted by Crippen LogP contribution is 2.35. The summed E-state index contributed by atoms with van der Waals surface area (Å²) in [7, 11) is 0. The number of hydrogen-bond donors (Lipinski definition) is 1. The number of rotatable bonds is 4. The van der Waals surface area contributed by atoms with Gasteiger partial charge in [0, 0.05) is 0 Å². The minimum atomic E-state index is -0.966. The summed E-state index contributed by atoms with van der Waals surface area (Å²) in [5, 5.41) is 9.46. The quantitative estimate of drug-likeness (QED) is 0.776. The SMILES string of the molecule is Cc1ccc(C(c2ccc(C)o2)c2ccccc2C(=O)O)o1. The monoisotopic (exact) mass is 296 g/mol. The van der Waals surface area contributed by atoms with E-state index < -0.39 is 5.97 Å². The molecule has 3 aromatic rings. The van der Waals surface area contributed by atoms with Crippen molar-refractivity contribution in [1.82, 2.24) is 0 Å². The molecule has 0 aliphatic rings. The van der Waals surface area contributed by atoms with Crippen molar-refractivity contribution >= 4 is 5.97 Å². The Labute approximate surface area is 128 Å². The van der Waals surface area contributed by atoms with Gasteiger partial charge in [-0.1, -0.05) is 18.2 Å². The van der Waals surface area contributed by atoms with Crippen LogP contribution in [0.25, 0.3) is 0 Å². The lowest BCUT2D eigenvalue weighted by Gasteiger charge is -2.15. The van der Waals surface area contributed by atoms with Crippen LogP contribution in [0.5, 0.6) is 0 Å². The second-order valence-electron chi connectivity index (χ2n) is 5.22. The number of hydrogen-bond acceptors (Lipinski definition) is 3. The molecular formula is C18H16O4. The molecule has 0 aliphatic heterocycles. The van der Waals surface area contributed by atoms with Crippen molar-refractivity contribution < 1.29 is 18.7 Å². The van der Waals surface area contributed by atoms with Crippen LogP contribution in [-0.4, -0.2) is 11.1 Å². The summed E-state index contributed by atoms with van der Waals surface area (Å²) in [6.07, 6.45) is 0. The van der Waals surface area contributed by atoms with Gasteiger partial charge in [0.1, 0.15) is 29.0 Å². The summed E-state index contributed by atoms with van der Waals surface area (Å²) >= 11 is 0. The van der Waals surface area contributed by atoms with E-state index >= 15 is 0 Å². The molecule has 112 valence electrons. The van der Waals surface area contributed by atoms with Crippen LogP contribution in [0.1, 0.15) is 44.9 Å². The molecule has 0 amide bonds. The number of carboxylic acid groups (broad SMARTS) is 1. The maximum Gasteiger partial charge on any atom is 0.336 e. The molecular weight excluding hydrogens is 280 g/mol. The fourth-order valence-electron chi connectivity index (χ4n) is 2.61. The molecule has 4 nitrogen and oxygen atoms in total. The van der Waals surface area contributed by atoms with Gasteiger partial charge in [0.25, 0.3) is 0 Å². The first kappa shape index (κ1) is 14.2. The zero-order valence-electron chi connectivity index (χ0n) is 12.4. The highest BCUT2D eigenvalue weighted by atomic mass is 16.4. The smallest absolute Gasteiger partial charge is 0.336 e. The Balaban J connectivity index is 2.20. The molecule has 1 aromatic carbocycles. The molecule has 0 bridgehead atoms. The van der Waals surface area contributed by atoms with Gasteiger partial charge in [0.15, 0.2) is 0 Å². The van der Waals surface area contributed by atoms with E-state index in [1.165, 1.54) is 0 Å². The van der Waals surface area contributed by atoms with Gasteiger partial charge < -0.3 is 13.9 Å². The fourth-order valence-corrected chi connectivity index (χ4v) is 2.61. The van der Waals surface area contributed by atoms with Crippen LogP contribution in [0, 0.1) is 13.8 Å². The van der Waals surface area contributed by atoms with E-state index in [2.05, 4.69) is 0 Å². The molecule has 3 rings (SSSR count). The summed E-state index contributed by atoms with van der Waals surface area (Å²) in [5.41, 5.74) is 0.898. The minimum absolute atomic E-state index is 0.246. The van der Waals surface area contributed by atoms with E-state index in [1.54, 1.807) is 18.2 Å². The van der Waals surface area contributed by atoms with E-state index in [9.17, 15) is 9.90 Å². The van der Waals surface area contributed by atoms with Gasteiger partial charge in [-0.15, -0.1) is 0 Å². The lowest BCUT2D eigenvalue weighted by molar-refractivity contribution is 0.0695. The Morgan fingerprint density at radius 3 is 1.91 bits per heavy atom. The highest BCUT2D eigenvalue weighted by molar-refractivity contribution is 5.90. The van der Waals surface area contributed by atoms with Crippen LogP contribution in [0.15, 0.2) is 57.4 Å². The maximum absolute atomic E-state index is 11.5. The van der Waals surface area contributed by atoms with Crippen molar-refractivity contribution in [2.75, 3.05) is 0 Å². The summed E-state index contributed by atoms with van der Waals surface area (Å²) in [6.45, 7) is 3.72. The zero-order valence-corrected chi connectivity index (χ0v) is 12.4. The van der Waals surface area contributed by atoms with E-state index in [0.717, 1.165) is 11.5 Å². The predicted molar refractivity (Wildman–Crippen MR) is 81.2 cm³/mol. The van der Waals surface area contributed by atoms with E-state index in [4.69, 9.17) is 8.83 Å². The average Bonchev–Trinajstić information content (AvgIpc) is 3.09.